The zero-order valence-corrected chi connectivity index (χ0v) is 12.4. The second-order valence-electron chi connectivity index (χ2n) is 5.36. The van der Waals surface area contributed by atoms with Crippen LogP contribution in [0, 0.1) is 16.0 Å². The van der Waals surface area contributed by atoms with E-state index in [0.29, 0.717) is 11.6 Å². The minimum absolute atomic E-state index is 0.222. The molecule has 7 heteroatoms. The zero-order chi connectivity index (χ0) is 14.9. The number of rotatable bonds is 5. The van der Waals surface area contributed by atoms with Crippen molar-refractivity contribution in [1.82, 2.24) is 0 Å². The van der Waals surface area contributed by atoms with E-state index >= 15 is 0 Å². The molecule has 20 heavy (non-hydrogen) atoms. The molecular weight excluding hydrogens is 280 g/mol. The molecule has 0 atom stereocenters. The van der Waals surface area contributed by atoms with E-state index in [2.05, 4.69) is 0 Å². The van der Waals surface area contributed by atoms with Gasteiger partial charge in [-0.25, -0.2) is 8.42 Å². The van der Waals surface area contributed by atoms with E-state index in [0.717, 1.165) is 12.8 Å². The van der Waals surface area contributed by atoms with Gasteiger partial charge in [-0.1, -0.05) is 6.42 Å². The first kappa shape index (κ1) is 14.8. The SMILES string of the molecule is CN(CC1CCC1)c1ccc([N+](=O)[O-])c(S(C)(=O)=O)c1. The lowest BCUT2D eigenvalue weighted by molar-refractivity contribution is -0.387. The second kappa shape index (κ2) is 5.40. The molecule has 0 radical (unpaired) electrons. The number of hydrogen-bond acceptors (Lipinski definition) is 5. The van der Waals surface area contributed by atoms with Crippen molar-refractivity contribution in [2.75, 3.05) is 24.7 Å². The summed E-state index contributed by atoms with van der Waals surface area (Å²) in [7, 11) is -1.74. The van der Waals surface area contributed by atoms with Crippen LogP contribution in [-0.2, 0) is 9.84 Å². The molecule has 1 aliphatic rings. The van der Waals surface area contributed by atoms with Crippen LogP contribution in [0.15, 0.2) is 23.1 Å². The lowest BCUT2D eigenvalue weighted by atomic mass is 9.85. The van der Waals surface area contributed by atoms with Crippen LogP contribution in [0.1, 0.15) is 19.3 Å². The van der Waals surface area contributed by atoms with Gasteiger partial charge in [0.1, 0.15) is 4.90 Å². The Kier molecular flexibility index (Phi) is 3.99. The highest BCUT2D eigenvalue weighted by Gasteiger charge is 2.24. The number of benzene rings is 1. The van der Waals surface area contributed by atoms with Crippen LogP contribution < -0.4 is 4.90 Å². The summed E-state index contributed by atoms with van der Waals surface area (Å²) < 4.78 is 23.4. The molecule has 0 bridgehead atoms. The number of hydrogen-bond donors (Lipinski definition) is 0. The van der Waals surface area contributed by atoms with E-state index in [1.807, 2.05) is 11.9 Å². The monoisotopic (exact) mass is 298 g/mol. The number of anilines is 1. The molecule has 0 heterocycles. The van der Waals surface area contributed by atoms with E-state index in [9.17, 15) is 18.5 Å². The quantitative estimate of drug-likeness (QED) is 0.615. The summed E-state index contributed by atoms with van der Waals surface area (Å²) >= 11 is 0. The Labute approximate surface area is 118 Å². The van der Waals surface area contributed by atoms with Crippen LogP contribution in [0.4, 0.5) is 11.4 Å². The largest absolute Gasteiger partial charge is 0.374 e. The molecule has 1 saturated carbocycles. The molecule has 110 valence electrons. The Hall–Kier alpha value is -1.63. The molecule has 1 aromatic rings. The Balaban J connectivity index is 2.33. The summed E-state index contributed by atoms with van der Waals surface area (Å²) in [6, 6.07) is 4.26. The lowest BCUT2D eigenvalue weighted by Crippen LogP contribution is -2.29. The molecule has 0 spiro atoms. The Morgan fingerprint density at radius 2 is 2.05 bits per heavy atom. The highest BCUT2D eigenvalue weighted by molar-refractivity contribution is 7.90. The van der Waals surface area contributed by atoms with Crippen LogP contribution in [0.3, 0.4) is 0 Å². The highest BCUT2D eigenvalue weighted by atomic mass is 32.2. The normalized spacial score (nSPS) is 15.7. The molecule has 0 N–H and O–H groups in total. The molecule has 0 aromatic heterocycles. The maximum Gasteiger partial charge on any atom is 0.288 e. The van der Waals surface area contributed by atoms with Crippen LogP contribution >= 0.6 is 0 Å². The van der Waals surface area contributed by atoms with Gasteiger partial charge in [-0.2, -0.15) is 0 Å². The van der Waals surface area contributed by atoms with Gasteiger partial charge in [-0.3, -0.25) is 10.1 Å². The molecular formula is C13H18N2O4S. The fourth-order valence-electron chi connectivity index (χ4n) is 2.36. The summed E-state index contributed by atoms with van der Waals surface area (Å²) in [5.41, 5.74) is 0.330. The minimum Gasteiger partial charge on any atom is -0.374 e. The van der Waals surface area contributed by atoms with Gasteiger partial charge < -0.3 is 4.90 Å². The van der Waals surface area contributed by atoms with Gasteiger partial charge in [0.05, 0.1) is 4.92 Å². The number of nitrogens with zero attached hydrogens (tertiary/aromatic N) is 2. The third-order valence-corrected chi connectivity index (χ3v) is 4.86. The Morgan fingerprint density at radius 3 is 2.50 bits per heavy atom. The molecule has 6 nitrogen and oxygen atoms in total. The first-order chi connectivity index (χ1) is 9.29. The highest BCUT2D eigenvalue weighted by Crippen LogP contribution is 2.31. The van der Waals surface area contributed by atoms with Gasteiger partial charge in [0, 0.05) is 31.6 Å². The molecule has 1 aliphatic carbocycles. The average molecular weight is 298 g/mol. The predicted molar refractivity (Wildman–Crippen MR) is 76.8 cm³/mol. The third kappa shape index (κ3) is 3.09. The van der Waals surface area contributed by atoms with E-state index in [1.54, 1.807) is 6.07 Å². The van der Waals surface area contributed by atoms with Crippen molar-refractivity contribution < 1.29 is 13.3 Å². The molecule has 0 amide bonds. The van der Waals surface area contributed by atoms with Crippen LogP contribution in [0.5, 0.6) is 0 Å². The van der Waals surface area contributed by atoms with E-state index in [1.165, 1.54) is 31.4 Å². The summed E-state index contributed by atoms with van der Waals surface area (Å²) in [4.78, 5) is 12.0. The molecule has 0 aliphatic heterocycles. The summed E-state index contributed by atoms with van der Waals surface area (Å²) in [5.74, 6) is 0.636. The average Bonchev–Trinajstić information content (AvgIpc) is 2.31. The zero-order valence-electron chi connectivity index (χ0n) is 11.6. The van der Waals surface area contributed by atoms with Crippen molar-refractivity contribution in [2.24, 2.45) is 5.92 Å². The van der Waals surface area contributed by atoms with Gasteiger partial charge in [0.25, 0.3) is 5.69 Å². The summed E-state index contributed by atoms with van der Waals surface area (Å²) in [6.45, 7) is 0.848. The van der Waals surface area contributed by atoms with E-state index in [4.69, 9.17) is 0 Å². The molecule has 2 rings (SSSR count). The van der Waals surface area contributed by atoms with Crippen LogP contribution in [-0.4, -0.2) is 33.2 Å². The Morgan fingerprint density at radius 1 is 1.40 bits per heavy atom. The van der Waals surface area contributed by atoms with Crippen molar-refractivity contribution in [3.8, 4) is 0 Å². The molecule has 0 unspecified atom stereocenters. The topological polar surface area (TPSA) is 80.5 Å². The summed E-state index contributed by atoms with van der Waals surface area (Å²) in [6.07, 6.45) is 4.62. The fraction of sp³-hybridized carbons (Fsp3) is 0.538. The second-order valence-corrected chi connectivity index (χ2v) is 7.34. The maximum atomic E-state index is 11.7. The Bertz CT molecular complexity index is 623. The summed E-state index contributed by atoms with van der Waals surface area (Å²) in [5, 5.41) is 10.9. The van der Waals surface area contributed by atoms with Crippen molar-refractivity contribution >= 4 is 21.2 Å². The van der Waals surface area contributed by atoms with Gasteiger partial charge in [-0.15, -0.1) is 0 Å². The van der Waals surface area contributed by atoms with Gasteiger partial charge in [-0.05, 0) is 30.9 Å². The predicted octanol–water partition coefficient (Wildman–Crippen LogP) is 2.23. The smallest absolute Gasteiger partial charge is 0.288 e. The van der Waals surface area contributed by atoms with Gasteiger partial charge >= 0.3 is 0 Å². The molecule has 1 aromatic carbocycles. The van der Waals surface area contributed by atoms with Crippen molar-refractivity contribution in [2.45, 2.75) is 24.2 Å². The van der Waals surface area contributed by atoms with Crippen molar-refractivity contribution in [1.29, 1.82) is 0 Å². The number of nitro groups is 1. The maximum absolute atomic E-state index is 11.7. The van der Waals surface area contributed by atoms with E-state index in [-0.39, 0.29) is 10.6 Å². The third-order valence-electron chi connectivity index (χ3n) is 3.74. The first-order valence-electron chi connectivity index (χ1n) is 6.48. The van der Waals surface area contributed by atoms with E-state index < -0.39 is 14.8 Å². The first-order valence-corrected chi connectivity index (χ1v) is 8.38. The molecule has 0 saturated heterocycles. The minimum atomic E-state index is -3.62. The van der Waals surface area contributed by atoms with Crippen molar-refractivity contribution in [3.63, 3.8) is 0 Å². The van der Waals surface area contributed by atoms with Crippen LogP contribution in [0.25, 0.3) is 0 Å². The lowest BCUT2D eigenvalue weighted by Gasteiger charge is -2.31. The fourth-order valence-corrected chi connectivity index (χ4v) is 3.21. The number of nitro benzene ring substituents is 1. The number of sulfone groups is 1. The molecule has 1 fully saturated rings. The van der Waals surface area contributed by atoms with Crippen LogP contribution in [0.2, 0.25) is 0 Å². The van der Waals surface area contributed by atoms with Crippen molar-refractivity contribution in [3.05, 3.63) is 28.3 Å². The standard InChI is InChI=1S/C13H18N2O4S/c1-14(9-10-4-3-5-10)11-6-7-12(15(16)17)13(8-11)20(2,18)19/h6-8,10H,3-5,9H2,1-2H3. The van der Waals surface area contributed by atoms with Gasteiger partial charge in [0.2, 0.25) is 0 Å². The van der Waals surface area contributed by atoms with Gasteiger partial charge in [0.15, 0.2) is 9.84 Å².